The summed E-state index contributed by atoms with van der Waals surface area (Å²) in [6.45, 7) is 4.65. The maximum absolute atomic E-state index is 5.56. The number of aromatic nitrogens is 4. The van der Waals surface area contributed by atoms with E-state index >= 15 is 0 Å². The summed E-state index contributed by atoms with van der Waals surface area (Å²) in [6.07, 6.45) is 10.5. The molecule has 7 heteroatoms. The van der Waals surface area contributed by atoms with Gasteiger partial charge in [-0.1, -0.05) is 36.2 Å². The van der Waals surface area contributed by atoms with E-state index in [9.17, 15) is 0 Å². The third-order valence-electron chi connectivity index (χ3n) is 6.98. The number of hydrogen-bond acceptors (Lipinski definition) is 7. The molecule has 0 atom stereocenters. The summed E-state index contributed by atoms with van der Waals surface area (Å²) in [5.41, 5.74) is 4.52. The summed E-state index contributed by atoms with van der Waals surface area (Å²) in [4.78, 5) is 18.5. The van der Waals surface area contributed by atoms with Gasteiger partial charge in [-0.15, -0.1) is 0 Å². The number of benzene rings is 1. The second-order valence-corrected chi connectivity index (χ2v) is 9.10. The maximum Gasteiger partial charge on any atom is 0.229 e. The Balaban J connectivity index is 1.13. The highest BCUT2D eigenvalue weighted by molar-refractivity contribution is 5.94. The van der Waals surface area contributed by atoms with Crippen LogP contribution in [0.2, 0.25) is 0 Å². The number of pyridine rings is 2. The minimum atomic E-state index is 0.474. The monoisotopic (exact) mass is 440 g/mol. The number of fused-ring (bicyclic) bond motifs is 1. The number of nitrogens with zero attached hydrogens (tertiary/aromatic N) is 6. The second kappa shape index (κ2) is 8.90. The van der Waals surface area contributed by atoms with Crippen LogP contribution in [0.4, 0.5) is 5.69 Å². The predicted molar refractivity (Wildman–Crippen MR) is 128 cm³/mol. The Morgan fingerprint density at radius 2 is 1.82 bits per heavy atom. The van der Waals surface area contributed by atoms with Crippen molar-refractivity contribution in [2.75, 3.05) is 31.1 Å². The van der Waals surface area contributed by atoms with Gasteiger partial charge < -0.3 is 9.42 Å². The van der Waals surface area contributed by atoms with Crippen molar-refractivity contribution < 1.29 is 4.52 Å². The van der Waals surface area contributed by atoms with E-state index in [1.807, 2.05) is 18.5 Å². The van der Waals surface area contributed by atoms with Crippen molar-refractivity contribution in [3.8, 4) is 11.1 Å². The minimum absolute atomic E-state index is 0.474. The molecule has 1 saturated heterocycles. The van der Waals surface area contributed by atoms with Gasteiger partial charge in [0.1, 0.15) is 0 Å². The molecule has 0 radical (unpaired) electrons. The highest BCUT2D eigenvalue weighted by Crippen LogP contribution is 2.33. The van der Waals surface area contributed by atoms with Crippen LogP contribution in [0.1, 0.15) is 43.3 Å². The molecule has 0 bridgehead atoms. The van der Waals surface area contributed by atoms with Crippen molar-refractivity contribution >= 4 is 16.6 Å². The molecule has 4 aromatic rings. The quantitative estimate of drug-likeness (QED) is 0.447. The summed E-state index contributed by atoms with van der Waals surface area (Å²) < 4.78 is 5.56. The van der Waals surface area contributed by atoms with Crippen molar-refractivity contribution in [2.24, 2.45) is 0 Å². The SMILES string of the molecule is c1cncc(-c2ccc3c(N4CCN(Cc5noc(C6CCCC6)n5)CC4)ccnc3c2)c1. The summed E-state index contributed by atoms with van der Waals surface area (Å²) in [7, 11) is 0. The Kier molecular flexibility index (Phi) is 5.48. The smallest absolute Gasteiger partial charge is 0.229 e. The summed E-state index contributed by atoms with van der Waals surface area (Å²) in [5, 5.41) is 5.44. The van der Waals surface area contributed by atoms with Gasteiger partial charge in [-0.2, -0.15) is 4.98 Å². The van der Waals surface area contributed by atoms with Crippen LogP contribution in [0.3, 0.4) is 0 Å². The highest BCUT2D eigenvalue weighted by Gasteiger charge is 2.25. The molecule has 0 spiro atoms. The molecule has 4 heterocycles. The van der Waals surface area contributed by atoms with Crippen LogP contribution < -0.4 is 4.90 Å². The lowest BCUT2D eigenvalue weighted by Crippen LogP contribution is -2.46. The van der Waals surface area contributed by atoms with Crippen LogP contribution in [0.25, 0.3) is 22.0 Å². The standard InChI is InChI=1S/C26H28N6O/c1-2-5-19(4-1)26-29-25(30-33-26)18-31-12-14-32(15-13-31)24-9-11-28-23-16-20(7-8-22(23)24)21-6-3-10-27-17-21/h3,6-11,16-17,19H,1-2,4-5,12-15,18H2. The number of hydrogen-bond donors (Lipinski definition) is 0. The van der Waals surface area contributed by atoms with Crippen LogP contribution in [0, 0.1) is 0 Å². The molecule has 3 aromatic heterocycles. The van der Waals surface area contributed by atoms with Gasteiger partial charge in [0.25, 0.3) is 0 Å². The third kappa shape index (κ3) is 4.20. The van der Waals surface area contributed by atoms with Crippen molar-refractivity contribution in [1.82, 2.24) is 25.0 Å². The van der Waals surface area contributed by atoms with Crippen LogP contribution in [-0.2, 0) is 6.54 Å². The van der Waals surface area contributed by atoms with Crippen LogP contribution in [0.15, 0.2) is 59.5 Å². The zero-order valence-electron chi connectivity index (χ0n) is 18.7. The minimum Gasteiger partial charge on any atom is -0.368 e. The molecule has 168 valence electrons. The fourth-order valence-corrected chi connectivity index (χ4v) is 5.14. The maximum atomic E-state index is 5.56. The lowest BCUT2D eigenvalue weighted by atomic mass is 10.0. The van der Waals surface area contributed by atoms with Gasteiger partial charge in [-0.3, -0.25) is 14.9 Å². The topological polar surface area (TPSA) is 71.2 Å². The number of rotatable bonds is 5. The Labute approximate surface area is 193 Å². The first kappa shape index (κ1) is 20.3. The molecular weight excluding hydrogens is 412 g/mol. The molecule has 0 unspecified atom stereocenters. The first-order valence-electron chi connectivity index (χ1n) is 11.9. The fraction of sp³-hybridized carbons (Fsp3) is 0.385. The number of piperazine rings is 1. The van der Waals surface area contributed by atoms with Gasteiger partial charge in [0.15, 0.2) is 5.82 Å². The molecule has 0 amide bonds. The van der Waals surface area contributed by atoms with Crippen LogP contribution >= 0.6 is 0 Å². The molecule has 1 aliphatic heterocycles. The molecular formula is C26H28N6O. The molecule has 1 saturated carbocycles. The second-order valence-electron chi connectivity index (χ2n) is 9.10. The summed E-state index contributed by atoms with van der Waals surface area (Å²) in [6, 6.07) is 12.7. The lowest BCUT2D eigenvalue weighted by Gasteiger charge is -2.36. The zero-order chi connectivity index (χ0) is 22.0. The van der Waals surface area contributed by atoms with Crippen molar-refractivity contribution in [3.05, 3.63) is 66.7 Å². The van der Waals surface area contributed by atoms with Gasteiger partial charge in [-0.25, -0.2) is 0 Å². The van der Waals surface area contributed by atoms with E-state index in [1.165, 1.54) is 36.8 Å². The van der Waals surface area contributed by atoms with Gasteiger partial charge in [0.05, 0.1) is 12.1 Å². The molecule has 1 aromatic carbocycles. The molecule has 33 heavy (non-hydrogen) atoms. The Morgan fingerprint density at radius 3 is 2.64 bits per heavy atom. The van der Waals surface area contributed by atoms with Crippen molar-refractivity contribution in [2.45, 2.75) is 38.1 Å². The van der Waals surface area contributed by atoms with Crippen molar-refractivity contribution in [3.63, 3.8) is 0 Å². The van der Waals surface area contributed by atoms with Crippen LogP contribution in [0.5, 0.6) is 0 Å². The average Bonchev–Trinajstić information content (AvgIpc) is 3.57. The summed E-state index contributed by atoms with van der Waals surface area (Å²) >= 11 is 0. The first-order chi connectivity index (χ1) is 16.3. The average molecular weight is 441 g/mol. The number of anilines is 1. The largest absolute Gasteiger partial charge is 0.368 e. The third-order valence-corrected chi connectivity index (χ3v) is 6.98. The molecule has 2 aliphatic rings. The van der Waals surface area contributed by atoms with Gasteiger partial charge in [0, 0.05) is 67.3 Å². The van der Waals surface area contributed by atoms with Gasteiger partial charge in [-0.05, 0) is 36.6 Å². The van der Waals surface area contributed by atoms with E-state index in [1.54, 1.807) is 6.20 Å². The Hall–Kier alpha value is -3.32. The van der Waals surface area contributed by atoms with E-state index in [4.69, 9.17) is 9.51 Å². The Morgan fingerprint density at radius 1 is 0.939 bits per heavy atom. The Bertz CT molecular complexity index is 1230. The summed E-state index contributed by atoms with van der Waals surface area (Å²) in [5.74, 6) is 2.14. The van der Waals surface area contributed by atoms with Crippen molar-refractivity contribution in [1.29, 1.82) is 0 Å². The van der Waals surface area contributed by atoms with Gasteiger partial charge in [0.2, 0.25) is 5.89 Å². The predicted octanol–water partition coefficient (Wildman–Crippen LogP) is 4.66. The van der Waals surface area contributed by atoms with E-state index in [0.29, 0.717) is 5.92 Å². The van der Waals surface area contributed by atoms with Crippen LogP contribution in [-0.4, -0.2) is 51.2 Å². The molecule has 2 fully saturated rings. The highest BCUT2D eigenvalue weighted by atomic mass is 16.5. The normalized spacial score (nSPS) is 17.8. The first-order valence-corrected chi connectivity index (χ1v) is 11.9. The molecule has 1 aliphatic carbocycles. The fourth-order valence-electron chi connectivity index (χ4n) is 5.14. The molecule has 0 N–H and O–H groups in total. The molecule has 6 rings (SSSR count). The van der Waals surface area contributed by atoms with E-state index in [2.05, 4.69) is 55.3 Å². The van der Waals surface area contributed by atoms with Gasteiger partial charge >= 0.3 is 0 Å². The molecule has 7 nitrogen and oxygen atoms in total. The van der Waals surface area contributed by atoms with E-state index in [0.717, 1.165) is 61.1 Å². The van der Waals surface area contributed by atoms with E-state index in [-0.39, 0.29) is 0 Å². The zero-order valence-corrected chi connectivity index (χ0v) is 18.7. The van der Waals surface area contributed by atoms with E-state index < -0.39 is 0 Å². The lowest BCUT2D eigenvalue weighted by molar-refractivity contribution is 0.240.